The minimum absolute atomic E-state index is 0.0467. The van der Waals surface area contributed by atoms with E-state index in [0.29, 0.717) is 23.1 Å². The number of esters is 1. The zero-order chi connectivity index (χ0) is 18.1. The third kappa shape index (κ3) is 2.98. The Bertz CT molecular complexity index is 929. The largest absolute Gasteiger partial charge is 0.459 e. The van der Waals surface area contributed by atoms with Gasteiger partial charge in [-0.15, -0.1) is 0 Å². The quantitative estimate of drug-likeness (QED) is 0.662. The van der Waals surface area contributed by atoms with Crippen molar-refractivity contribution in [1.82, 2.24) is 19.5 Å². The van der Waals surface area contributed by atoms with Crippen molar-refractivity contribution in [2.24, 2.45) is 0 Å². The van der Waals surface area contributed by atoms with Crippen molar-refractivity contribution in [2.75, 3.05) is 12.3 Å². The maximum atomic E-state index is 12.0. The van der Waals surface area contributed by atoms with E-state index in [1.807, 2.05) is 6.07 Å². The van der Waals surface area contributed by atoms with E-state index in [1.165, 1.54) is 12.7 Å². The summed E-state index contributed by atoms with van der Waals surface area (Å²) in [6.07, 6.45) is 1.25. The van der Waals surface area contributed by atoms with E-state index >= 15 is 0 Å². The number of aromatic nitrogens is 4. The van der Waals surface area contributed by atoms with Gasteiger partial charge in [0.2, 0.25) is 0 Å². The van der Waals surface area contributed by atoms with Crippen molar-refractivity contribution in [3.05, 3.63) is 48.5 Å². The third-order valence-electron chi connectivity index (χ3n) is 4.24. The molecule has 0 saturated carbocycles. The van der Waals surface area contributed by atoms with Crippen LogP contribution in [0.2, 0.25) is 0 Å². The van der Waals surface area contributed by atoms with Crippen LogP contribution in [0.15, 0.2) is 43.0 Å². The predicted molar refractivity (Wildman–Crippen MR) is 91.0 cm³/mol. The molecule has 2 aromatic heterocycles. The van der Waals surface area contributed by atoms with Gasteiger partial charge in [0.25, 0.3) is 0 Å². The van der Waals surface area contributed by atoms with E-state index < -0.39 is 24.4 Å². The first-order chi connectivity index (χ1) is 12.6. The van der Waals surface area contributed by atoms with E-state index in [9.17, 15) is 9.90 Å². The Morgan fingerprint density at radius 3 is 2.92 bits per heavy atom. The first-order valence-electron chi connectivity index (χ1n) is 8.12. The molecule has 1 fully saturated rings. The van der Waals surface area contributed by atoms with Crippen LogP contribution in [0.25, 0.3) is 11.2 Å². The highest BCUT2D eigenvalue weighted by molar-refractivity contribution is 5.89. The lowest BCUT2D eigenvalue weighted by Crippen LogP contribution is -2.20. The molecule has 0 bridgehead atoms. The predicted octanol–water partition coefficient (Wildman–Crippen LogP) is 0.914. The van der Waals surface area contributed by atoms with Crippen molar-refractivity contribution < 1.29 is 19.4 Å². The van der Waals surface area contributed by atoms with Gasteiger partial charge in [-0.25, -0.2) is 19.7 Å². The van der Waals surface area contributed by atoms with Crippen LogP contribution in [0, 0.1) is 0 Å². The number of nitrogen functional groups attached to an aromatic ring is 1. The lowest BCUT2D eigenvalue weighted by Gasteiger charge is -2.16. The van der Waals surface area contributed by atoms with Crippen LogP contribution in [0.1, 0.15) is 23.0 Å². The summed E-state index contributed by atoms with van der Waals surface area (Å²) in [5.41, 5.74) is 7.17. The minimum Gasteiger partial charge on any atom is -0.459 e. The number of hydrogen-bond donors (Lipinski definition) is 2. The molecule has 0 spiro atoms. The van der Waals surface area contributed by atoms with E-state index in [4.69, 9.17) is 15.2 Å². The van der Waals surface area contributed by atoms with E-state index in [2.05, 4.69) is 15.0 Å². The number of benzene rings is 1. The van der Waals surface area contributed by atoms with Crippen LogP contribution in [-0.4, -0.2) is 49.4 Å². The van der Waals surface area contributed by atoms with Gasteiger partial charge in [-0.3, -0.25) is 4.57 Å². The number of carbonyl (C=O) groups excluding carboxylic acids is 1. The molecule has 0 unspecified atom stereocenters. The molecule has 3 atom stereocenters. The van der Waals surface area contributed by atoms with Crippen molar-refractivity contribution >= 4 is 23.0 Å². The zero-order valence-corrected chi connectivity index (χ0v) is 13.7. The Morgan fingerprint density at radius 2 is 2.12 bits per heavy atom. The lowest BCUT2D eigenvalue weighted by molar-refractivity contribution is -0.0531. The Labute approximate surface area is 148 Å². The normalized spacial score (nSPS) is 22.6. The monoisotopic (exact) mass is 355 g/mol. The molecule has 9 heteroatoms. The molecule has 3 heterocycles. The summed E-state index contributed by atoms with van der Waals surface area (Å²) in [5, 5.41) is 10.4. The summed E-state index contributed by atoms with van der Waals surface area (Å²) in [6, 6.07) is 8.71. The van der Waals surface area contributed by atoms with Crippen LogP contribution in [0.3, 0.4) is 0 Å². The number of rotatable bonds is 4. The number of imidazole rings is 1. The number of aliphatic hydroxyl groups excluding tert-OH is 1. The summed E-state index contributed by atoms with van der Waals surface area (Å²) in [7, 11) is 0. The summed E-state index contributed by atoms with van der Waals surface area (Å²) in [4.78, 5) is 24.2. The highest BCUT2D eigenvalue weighted by atomic mass is 16.6. The number of nitrogens with two attached hydrogens (primary N) is 1. The maximum absolute atomic E-state index is 12.0. The van der Waals surface area contributed by atoms with E-state index in [1.54, 1.807) is 28.8 Å². The summed E-state index contributed by atoms with van der Waals surface area (Å²) >= 11 is 0. The van der Waals surface area contributed by atoms with E-state index in [-0.39, 0.29) is 12.4 Å². The number of carbonyl (C=O) groups is 1. The van der Waals surface area contributed by atoms with Crippen LogP contribution in [0.5, 0.6) is 0 Å². The van der Waals surface area contributed by atoms with Gasteiger partial charge in [0, 0.05) is 6.42 Å². The van der Waals surface area contributed by atoms with Gasteiger partial charge in [-0.2, -0.15) is 0 Å². The topological polar surface area (TPSA) is 125 Å². The first kappa shape index (κ1) is 16.4. The van der Waals surface area contributed by atoms with Crippen molar-refractivity contribution in [1.29, 1.82) is 0 Å². The molecule has 0 amide bonds. The number of anilines is 1. The van der Waals surface area contributed by atoms with E-state index in [0.717, 1.165) is 0 Å². The molecule has 9 nitrogen and oxygen atoms in total. The fourth-order valence-electron chi connectivity index (χ4n) is 2.97. The smallest absolute Gasteiger partial charge is 0.338 e. The molecule has 1 aliphatic heterocycles. The van der Waals surface area contributed by atoms with Gasteiger partial charge >= 0.3 is 5.97 Å². The zero-order valence-electron chi connectivity index (χ0n) is 13.7. The second-order valence-electron chi connectivity index (χ2n) is 6.00. The summed E-state index contributed by atoms with van der Waals surface area (Å²) in [6.45, 7) is 0.0467. The standard InChI is InChI=1S/C17H17N5O4/c18-14-13-15(20-8-19-14)22(9-21-13)16-12(23)6-11(26-16)7-25-17(24)10-4-2-1-3-5-10/h1-5,8-9,11-12,16,23H,6-7H2,(H2,18,19,20)/t11-,12+,16+/m0/s1. The minimum atomic E-state index is -0.788. The number of ether oxygens (including phenoxy) is 2. The Hall–Kier alpha value is -3.04. The number of aliphatic hydroxyl groups is 1. The lowest BCUT2D eigenvalue weighted by atomic mass is 10.2. The fourth-order valence-corrected chi connectivity index (χ4v) is 2.97. The van der Waals surface area contributed by atoms with Crippen molar-refractivity contribution in [3.63, 3.8) is 0 Å². The van der Waals surface area contributed by atoms with Gasteiger partial charge in [0.15, 0.2) is 17.7 Å². The third-order valence-corrected chi connectivity index (χ3v) is 4.24. The second-order valence-corrected chi connectivity index (χ2v) is 6.00. The van der Waals surface area contributed by atoms with Gasteiger partial charge < -0.3 is 20.3 Å². The molecular formula is C17H17N5O4. The summed E-state index contributed by atoms with van der Waals surface area (Å²) < 4.78 is 12.7. The molecule has 1 aromatic carbocycles. The fraction of sp³-hybridized carbons (Fsp3) is 0.294. The highest BCUT2D eigenvalue weighted by Crippen LogP contribution is 2.31. The second kappa shape index (κ2) is 6.70. The van der Waals surface area contributed by atoms with Crippen LogP contribution in [0.4, 0.5) is 5.82 Å². The Kier molecular flexibility index (Phi) is 4.23. The number of nitrogens with zero attached hydrogens (tertiary/aromatic N) is 4. The van der Waals surface area contributed by atoms with Gasteiger partial charge in [0.05, 0.1) is 18.0 Å². The van der Waals surface area contributed by atoms with Crippen LogP contribution in [-0.2, 0) is 9.47 Å². The average Bonchev–Trinajstić information content (AvgIpc) is 3.24. The number of fused-ring (bicyclic) bond motifs is 1. The van der Waals surface area contributed by atoms with Gasteiger partial charge in [0.1, 0.15) is 24.6 Å². The molecular weight excluding hydrogens is 338 g/mol. The van der Waals surface area contributed by atoms with Crippen LogP contribution < -0.4 is 5.73 Å². The molecule has 1 aliphatic rings. The molecule has 0 radical (unpaired) electrons. The molecule has 4 rings (SSSR count). The number of hydrogen-bond acceptors (Lipinski definition) is 8. The van der Waals surface area contributed by atoms with Crippen molar-refractivity contribution in [3.8, 4) is 0 Å². The van der Waals surface area contributed by atoms with Crippen LogP contribution >= 0.6 is 0 Å². The van der Waals surface area contributed by atoms with Crippen molar-refractivity contribution in [2.45, 2.75) is 24.9 Å². The first-order valence-corrected chi connectivity index (χ1v) is 8.12. The molecule has 3 aromatic rings. The van der Waals surface area contributed by atoms with Gasteiger partial charge in [-0.05, 0) is 12.1 Å². The molecule has 26 heavy (non-hydrogen) atoms. The molecule has 134 valence electrons. The Morgan fingerprint density at radius 1 is 1.31 bits per heavy atom. The highest BCUT2D eigenvalue weighted by Gasteiger charge is 2.37. The Balaban J connectivity index is 1.44. The average molecular weight is 355 g/mol. The maximum Gasteiger partial charge on any atom is 0.338 e. The molecule has 3 N–H and O–H groups in total. The van der Waals surface area contributed by atoms with Gasteiger partial charge in [-0.1, -0.05) is 18.2 Å². The summed E-state index contributed by atoms with van der Waals surface area (Å²) in [5.74, 6) is -0.171. The molecule has 0 aliphatic carbocycles. The molecule has 1 saturated heterocycles. The SMILES string of the molecule is Nc1ncnc2c1ncn2[C@@H]1O[C@H](COC(=O)c2ccccc2)C[C@H]1O.